The molecule has 3 N–H and O–H groups in total. The highest BCUT2D eigenvalue weighted by atomic mass is 32.2. The van der Waals surface area contributed by atoms with Crippen molar-refractivity contribution in [1.29, 1.82) is 0 Å². The lowest BCUT2D eigenvalue weighted by Crippen LogP contribution is -2.46. The summed E-state index contributed by atoms with van der Waals surface area (Å²) in [7, 11) is -4.11. The van der Waals surface area contributed by atoms with Crippen molar-refractivity contribution in [3.63, 3.8) is 0 Å². The zero-order valence-corrected chi connectivity index (χ0v) is 16.0. The Morgan fingerprint density at radius 3 is 2.67 bits per heavy atom. The Bertz CT molecular complexity index is 852. The molecule has 0 bridgehead atoms. The van der Waals surface area contributed by atoms with Gasteiger partial charge in [0.25, 0.3) is 0 Å². The molecule has 10 heteroatoms. The molecule has 1 aliphatic heterocycles. The summed E-state index contributed by atoms with van der Waals surface area (Å²) in [5, 5.41) is 14.5. The Kier molecular flexibility index (Phi) is 6.55. The van der Waals surface area contributed by atoms with Crippen molar-refractivity contribution >= 4 is 33.5 Å². The summed E-state index contributed by atoms with van der Waals surface area (Å²) in [4.78, 5) is 34.0. The van der Waals surface area contributed by atoms with Gasteiger partial charge in [-0.3, -0.25) is 14.4 Å². The molecule has 0 spiro atoms. The third-order valence-electron chi connectivity index (χ3n) is 4.30. The van der Waals surface area contributed by atoms with Crippen molar-refractivity contribution in [3.8, 4) is 0 Å². The smallest absolute Gasteiger partial charge is 0.321 e. The maximum atomic E-state index is 13.1. The molecular weight excluding hydrogens is 374 g/mol. The lowest BCUT2D eigenvalue weighted by molar-refractivity contribution is -0.140. The molecule has 1 heterocycles. The lowest BCUT2D eigenvalue weighted by Gasteiger charge is -2.26. The molecule has 0 radical (unpaired) electrons. The van der Waals surface area contributed by atoms with Gasteiger partial charge < -0.3 is 15.7 Å². The number of aryl methyl sites for hydroxylation is 1. The number of carbonyl (C=O) groups is 3. The summed E-state index contributed by atoms with van der Waals surface area (Å²) in [6.45, 7) is 2.38. The second-order valence-corrected chi connectivity index (χ2v) is 8.22. The van der Waals surface area contributed by atoms with Gasteiger partial charge in [-0.25, -0.2) is 8.42 Å². The van der Waals surface area contributed by atoms with Crippen LogP contribution >= 0.6 is 0 Å². The molecule has 0 aromatic heterocycles. The predicted octanol–water partition coefficient (Wildman–Crippen LogP) is 0.561. The van der Waals surface area contributed by atoms with Crippen molar-refractivity contribution in [2.75, 3.05) is 18.4 Å². The first-order valence-electron chi connectivity index (χ1n) is 8.55. The first kappa shape index (κ1) is 20.8. The number of aliphatic carboxylic acids is 1. The first-order chi connectivity index (χ1) is 12.6. The number of fused-ring (bicyclic) bond motifs is 1. The summed E-state index contributed by atoms with van der Waals surface area (Å²) in [5.74, 6) is -1.75. The average Bonchev–Trinajstić information content (AvgIpc) is 2.77. The van der Waals surface area contributed by atoms with Crippen molar-refractivity contribution in [2.24, 2.45) is 0 Å². The minimum absolute atomic E-state index is 0.00676. The molecule has 1 aromatic carbocycles. The van der Waals surface area contributed by atoms with Crippen LogP contribution in [-0.2, 0) is 30.8 Å². The van der Waals surface area contributed by atoms with Gasteiger partial charge in [-0.05, 0) is 43.5 Å². The maximum Gasteiger partial charge on any atom is 0.321 e. The topological polar surface area (TPSA) is 133 Å². The quantitative estimate of drug-likeness (QED) is 0.616. The number of rotatable bonds is 7. The highest BCUT2D eigenvalue weighted by molar-refractivity contribution is 7.89. The molecule has 148 valence electrons. The normalized spacial score (nSPS) is 15.4. The van der Waals surface area contributed by atoms with E-state index in [0.717, 1.165) is 4.31 Å². The van der Waals surface area contributed by atoms with Crippen LogP contribution in [-0.4, -0.2) is 54.7 Å². The average molecular weight is 397 g/mol. The van der Waals surface area contributed by atoms with Gasteiger partial charge >= 0.3 is 5.97 Å². The fourth-order valence-electron chi connectivity index (χ4n) is 2.83. The van der Waals surface area contributed by atoms with Crippen molar-refractivity contribution in [1.82, 2.24) is 9.62 Å². The van der Waals surface area contributed by atoms with Crippen LogP contribution in [0.15, 0.2) is 23.1 Å². The van der Waals surface area contributed by atoms with Gasteiger partial charge in [0.15, 0.2) is 0 Å². The Hall–Kier alpha value is -2.46. The molecule has 0 fully saturated rings. The van der Waals surface area contributed by atoms with E-state index < -0.39 is 22.0 Å². The second-order valence-electron chi connectivity index (χ2n) is 6.33. The van der Waals surface area contributed by atoms with Gasteiger partial charge in [0.2, 0.25) is 21.8 Å². The summed E-state index contributed by atoms with van der Waals surface area (Å²) in [6.07, 6.45) is 1.49. The molecule has 2 amide bonds. The third kappa shape index (κ3) is 5.04. The van der Waals surface area contributed by atoms with Crippen LogP contribution in [0, 0.1) is 0 Å². The fraction of sp³-hybridized carbons (Fsp3) is 0.471. The van der Waals surface area contributed by atoms with Gasteiger partial charge in [0.1, 0.15) is 6.04 Å². The van der Waals surface area contributed by atoms with Crippen LogP contribution in [0.25, 0.3) is 0 Å². The van der Waals surface area contributed by atoms with Gasteiger partial charge in [0.05, 0.1) is 4.90 Å². The van der Waals surface area contributed by atoms with Gasteiger partial charge in [-0.15, -0.1) is 0 Å². The van der Waals surface area contributed by atoms with Crippen molar-refractivity contribution in [3.05, 3.63) is 23.8 Å². The molecule has 2 rings (SSSR count). The number of carboxylic acids is 1. The zero-order chi connectivity index (χ0) is 20.2. The standard InChI is InChI=1S/C17H23N3O6S/c1-11(17(23)24)20(9-8-18-12(2)21)27(25,26)14-6-7-15-13(10-14)4-3-5-16(22)19-15/h6-7,10-11H,3-5,8-9H2,1-2H3,(H,18,21)(H,19,22)(H,23,24). The molecule has 9 nitrogen and oxygen atoms in total. The van der Waals surface area contributed by atoms with Crippen LogP contribution in [0.2, 0.25) is 0 Å². The van der Waals surface area contributed by atoms with E-state index in [9.17, 15) is 27.9 Å². The van der Waals surface area contributed by atoms with Crippen molar-refractivity contribution in [2.45, 2.75) is 44.0 Å². The van der Waals surface area contributed by atoms with Crippen molar-refractivity contribution < 1.29 is 27.9 Å². The van der Waals surface area contributed by atoms with Crippen LogP contribution in [0.3, 0.4) is 0 Å². The molecule has 1 aromatic rings. The minimum atomic E-state index is -4.11. The summed E-state index contributed by atoms with van der Waals surface area (Å²) < 4.78 is 27.0. The third-order valence-corrected chi connectivity index (χ3v) is 6.27. The summed E-state index contributed by atoms with van der Waals surface area (Å²) in [5.41, 5.74) is 1.25. The highest BCUT2D eigenvalue weighted by Gasteiger charge is 2.33. The number of nitrogens with zero attached hydrogens (tertiary/aromatic N) is 1. The maximum absolute atomic E-state index is 13.1. The number of benzene rings is 1. The van der Waals surface area contributed by atoms with E-state index in [1.807, 2.05) is 0 Å². The Morgan fingerprint density at radius 1 is 1.33 bits per heavy atom. The highest BCUT2D eigenvalue weighted by Crippen LogP contribution is 2.27. The SMILES string of the molecule is CC(=O)NCCN(C(C)C(=O)O)S(=O)(=O)c1ccc2c(c1)CCCC(=O)N2. The predicted molar refractivity (Wildman–Crippen MR) is 97.7 cm³/mol. The number of anilines is 1. The minimum Gasteiger partial charge on any atom is -0.480 e. The fourth-order valence-corrected chi connectivity index (χ4v) is 4.47. The second kappa shape index (κ2) is 8.49. The van der Waals surface area contributed by atoms with Gasteiger partial charge in [-0.2, -0.15) is 4.31 Å². The Balaban J connectivity index is 2.36. The number of hydrogen-bond donors (Lipinski definition) is 3. The molecule has 1 aliphatic rings. The van der Waals surface area contributed by atoms with E-state index in [1.54, 1.807) is 0 Å². The monoisotopic (exact) mass is 397 g/mol. The molecule has 0 aliphatic carbocycles. The number of carboxylic acid groups (broad SMARTS) is 1. The zero-order valence-electron chi connectivity index (χ0n) is 15.2. The molecule has 27 heavy (non-hydrogen) atoms. The van der Waals surface area contributed by atoms with E-state index >= 15 is 0 Å². The van der Waals surface area contributed by atoms with Gasteiger partial charge in [0, 0.05) is 32.1 Å². The summed E-state index contributed by atoms with van der Waals surface area (Å²) in [6, 6.07) is 3.03. The number of nitrogens with one attached hydrogen (secondary N) is 2. The van der Waals surface area contributed by atoms with Crippen LogP contribution < -0.4 is 10.6 Å². The number of amides is 2. The van der Waals surface area contributed by atoms with E-state index in [2.05, 4.69) is 10.6 Å². The van der Waals surface area contributed by atoms with E-state index in [4.69, 9.17) is 0 Å². The Morgan fingerprint density at radius 2 is 2.04 bits per heavy atom. The van der Waals surface area contributed by atoms with E-state index in [1.165, 1.54) is 32.0 Å². The van der Waals surface area contributed by atoms with E-state index in [0.29, 0.717) is 30.5 Å². The number of carbonyl (C=O) groups excluding carboxylic acids is 2. The lowest BCUT2D eigenvalue weighted by atomic mass is 10.1. The van der Waals surface area contributed by atoms with Gasteiger partial charge in [-0.1, -0.05) is 0 Å². The molecule has 1 unspecified atom stereocenters. The first-order valence-corrected chi connectivity index (χ1v) is 9.99. The number of sulfonamides is 1. The van der Waals surface area contributed by atoms with Crippen LogP contribution in [0.1, 0.15) is 32.3 Å². The molecule has 0 saturated carbocycles. The number of hydrogen-bond acceptors (Lipinski definition) is 5. The Labute approximate surface area is 157 Å². The van der Waals surface area contributed by atoms with Crippen LogP contribution in [0.5, 0.6) is 0 Å². The van der Waals surface area contributed by atoms with Crippen LogP contribution in [0.4, 0.5) is 5.69 Å². The summed E-state index contributed by atoms with van der Waals surface area (Å²) >= 11 is 0. The molecule has 1 atom stereocenters. The molecular formula is C17H23N3O6S. The largest absolute Gasteiger partial charge is 0.480 e. The van der Waals surface area contributed by atoms with E-state index in [-0.39, 0.29) is 29.8 Å². The molecule has 0 saturated heterocycles.